The van der Waals surface area contributed by atoms with E-state index in [9.17, 15) is 13.5 Å². The highest BCUT2D eigenvalue weighted by Crippen LogP contribution is 2.05. The van der Waals surface area contributed by atoms with E-state index in [1.807, 2.05) is 6.92 Å². The molecule has 0 amide bonds. The van der Waals surface area contributed by atoms with Gasteiger partial charge >= 0.3 is 0 Å². The monoisotopic (exact) mass is 211 g/mol. The Morgan fingerprint density at radius 3 is 2.38 bits per heavy atom. The van der Waals surface area contributed by atoms with Gasteiger partial charge in [-0.3, -0.25) is 4.55 Å². The topological polar surface area (TPSA) is 86.6 Å². The van der Waals surface area contributed by atoms with E-state index in [1.54, 1.807) is 6.92 Å². The Morgan fingerprint density at radius 2 is 2.00 bits per heavy atom. The second-order valence-corrected chi connectivity index (χ2v) is 4.89. The van der Waals surface area contributed by atoms with Crippen molar-refractivity contribution in [1.82, 2.24) is 5.32 Å². The zero-order chi connectivity index (χ0) is 10.5. The minimum absolute atomic E-state index is 0.148. The summed E-state index contributed by atoms with van der Waals surface area (Å²) in [5.74, 6) is -0.327. The average Bonchev–Trinajstić information content (AvgIpc) is 1.97. The van der Waals surface area contributed by atoms with Crippen molar-refractivity contribution in [3.05, 3.63) is 0 Å². The van der Waals surface area contributed by atoms with Crippen LogP contribution in [0.2, 0.25) is 0 Å². The third-order valence-corrected chi connectivity index (χ3v) is 2.52. The normalized spacial score (nSPS) is 16.9. The summed E-state index contributed by atoms with van der Waals surface area (Å²) in [5.41, 5.74) is -0.820. The van der Waals surface area contributed by atoms with Crippen LogP contribution >= 0.6 is 0 Å². The molecule has 0 rings (SSSR count). The van der Waals surface area contributed by atoms with Crippen molar-refractivity contribution in [3.63, 3.8) is 0 Å². The Hall–Kier alpha value is -0.170. The summed E-state index contributed by atoms with van der Waals surface area (Å²) in [7, 11) is -3.89. The van der Waals surface area contributed by atoms with Crippen LogP contribution in [0.15, 0.2) is 0 Å². The Morgan fingerprint density at radius 1 is 1.46 bits per heavy atom. The molecule has 3 N–H and O–H groups in total. The SMILES string of the molecule is CCC(C)(O)CNCCS(=O)(=O)O. The summed E-state index contributed by atoms with van der Waals surface area (Å²) in [4.78, 5) is 0. The summed E-state index contributed by atoms with van der Waals surface area (Å²) < 4.78 is 28.9. The third kappa shape index (κ3) is 8.17. The molecule has 0 bridgehead atoms. The summed E-state index contributed by atoms with van der Waals surface area (Å²) >= 11 is 0. The van der Waals surface area contributed by atoms with E-state index in [-0.39, 0.29) is 12.3 Å². The largest absolute Gasteiger partial charge is 0.389 e. The first kappa shape index (κ1) is 12.8. The molecule has 0 saturated heterocycles. The predicted molar refractivity (Wildman–Crippen MR) is 50.2 cm³/mol. The van der Waals surface area contributed by atoms with Gasteiger partial charge < -0.3 is 10.4 Å². The molecule has 0 fully saturated rings. The molecule has 5 nitrogen and oxygen atoms in total. The van der Waals surface area contributed by atoms with Gasteiger partial charge in [-0.15, -0.1) is 0 Å². The summed E-state index contributed by atoms with van der Waals surface area (Å²) in [6.45, 7) is 3.96. The predicted octanol–water partition coefficient (Wildman–Crippen LogP) is -0.375. The quantitative estimate of drug-likeness (QED) is 0.412. The molecule has 13 heavy (non-hydrogen) atoms. The van der Waals surface area contributed by atoms with Crippen molar-refractivity contribution in [1.29, 1.82) is 0 Å². The van der Waals surface area contributed by atoms with E-state index in [0.717, 1.165) is 0 Å². The van der Waals surface area contributed by atoms with E-state index in [2.05, 4.69) is 5.32 Å². The standard InChI is InChI=1S/C7H17NO4S/c1-3-7(2,9)6-8-4-5-13(10,11)12/h8-9H,3-6H2,1-2H3,(H,10,11,12). The van der Waals surface area contributed by atoms with Gasteiger partial charge in [-0.05, 0) is 13.3 Å². The number of hydrogen-bond donors (Lipinski definition) is 3. The Kier molecular flexibility index (Phi) is 4.83. The Bertz CT molecular complexity index is 235. The van der Waals surface area contributed by atoms with Gasteiger partial charge in [0.1, 0.15) is 0 Å². The summed E-state index contributed by atoms with van der Waals surface area (Å²) in [5, 5.41) is 12.2. The second kappa shape index (κ2) is 4.90. The molecule has 0 aliphatic rings. The van der Waals surface area contributed by atoms with Crippen LogP contribution in [0.3, 0.4) is 0 Å². The lowest BCUT2D eigenvalue weighted by Crippen LogP contribution is -2.38. The first-order chi connectivity index (χ1) is 5.77. The number of aliphatic hydroxyl groups is 1. The minimum atomic E-state index is -3.89. The second-order valence-electron chi connectivity index (χ2n) is 3.31. The molecule has 0 aromatic rings. The van der Waals surface area contributed by atoms with Crippen LogP contribution in [0, 0.1) is 0 Å². The number of nitrogens with one attached hydrogen (secondary N) is 1. The first-order valence-corrected chi connectivity index (χ1v) is 5.76. The lowest BCUT2D eigenvalue weighted by Gasteiger charge is -2.21. The van der Waals surface area contributed by atoms with E-state index in [1.165, 1.54) is 0 Å². The molecule has 0 aliphatic heterocycles. The zero-order valence-corrected chi connectivity index (χ0v) is 8.76. The third-order valence-electron chi connectivity index (χ3n) is 1.80. The highest BCUT2D eigenvalue weighted by Gasteiger charge is 2.16. The van der Waals surface area contributed by atoms with Crippen LogP contribution in [0.4, 0.5) is 0 Å². The van der Waals surface area contributed by atoms with E-state index in [0.29, 0.717) is 13.0 Å². The molecule has 0 aromatic heterocycles. The molecule has 1 unspecified atom stereocenters. The maximum Gasteiger partial charge on any atom is 0.266 e. The lowest BCUT2D eigenvalue weighted by molar-refractivity contribution is 0.0565. The summed E-state index contributed by atoms with van der Waals surface area (Å²) in [6.07, 6.45) is 0.589. The van der Waals surface area contributed by atoms with Gasteiger partial charge in [0.05, 0.1) is 11.4 Å². The molecule has 0 aromatic carbocycles. The van der Waals surface area contributed by atoms with Gasteiger partial charge in [0.15, 0.2) is 0 Å². The van der Waals surface area contributed by atoms with Crippen molar-refractivity contribution >= 4 is 10.1 Å². The average molecular weight is 211 g/mol. The Balaban J connectivity index is 3.58. The number of hydrogen-bond acceptors (Lipinski definition) is 4. The maximum atomic E-state index is 10.3. The smallest absolute Gasteiger partial charge is 0.266 e. The van der Waals surface area contributed by atoms with Gasteiger partial charge in [0.25, 0.3) is 10.1 Å². The van der Waals surface area contributed by atoms with Crippen molar-refractivity contribution in [2.45, 2.75) is 25.9 Å². The molecule has 0 saturated carbocycles. The van der Waals surface area contributed by atoms with Crippen LogP contribution in [0.25, 0.3) is 0 Å². The molecule has 0 spiro atoms. The minimum Gasteiger partial charge on any atom is -0.389 e. The molecule has 0 radical (unpaired) electrons. The van der Waals surface area contributed by atoms with Crippen molar-refractivity contribution in [2.75, 3.05) is 18.8 Å². The molecule has 0 heterocycles. The van der Waals surface area contributed by atoms with Gasteiger partial charge in [-0.2, -0.15) is 8.42 Å². The lowest BCUT2D eigenvalue weighted by atomic mass is 10.0. The van der Waals surface area contributed by atoms with Crippen LogP contribution in [-0.2, 0) is 10.1 Å². The van der Waals surface area contributed by atoms with Crippen LogP contribution in [-0.4, -0.2) is 42.5 Å². The van der Waals surface area contributed by atoms with Gasteiger partial charge in [0.2, 0.25) is 0 Å². The fourth-order valence-electron chi connectivity index (χ4n) is 0.684. The van der Waals surface area contributed by atoms with Crippen LogP contribution in [0.5, 0.6) is 0 Å². The molecule has 0 aliphatic carbocycles. The van der Waals surface area contributed by atoms with Gasteiger partial charge in [0, 0.05) is 13.1 Å². The molecule has 1 atom stereocenters. The van der Waals surface area contributed by atoms with E-state index in [4.69, 9.17) is 4.55 Å². The van der Waals surface area contributed by atoms with Crippen molar-refractivity contribution in [3.8, 4) is 0 Å². The van der Waals surface area contributed by atoms with Crippen LogP contribution in [0.1, 0.15) is 20.3 Å². The first-order valence-electron chi connectivity index (χ1n) is 4.15. The zero-order valence-electron chi connectivity index (χ0n) is 7.95. The Labute approximate surface area is 78.9 Å². The van der Waals surface area contributed by atoms with Crippen molar-refractivity contribution in [2.24, 2.45) is 0 Å². The van der Waals surface area contributed by atoms with Crippen molar-refractivity contribution < 1.29 is 18.1 Å². The molecule has 80 valence electrons. The molecular weight excluding hydrogens is 194 g/mol. The highest BCUT2D eigenvalue weighted by molar-refractivity contribution is 7.85. The highest BCUT2D eigenvalue weighted by atomic mass is 32.2. The fraction of sp³-hybridized carbons (Fsp3) is 1.00. The van der Waals surface area contributed by atoms with Gasteiger partial charge in [-0.25, -0.2) is 0 Å². The fourth-order valence-corrected chi connectivity index (χ4v) is 1.09. The molecule has 6 heteroatoms. The van der Waals surface area contributed by atoms with E-state index >= 15 is 0 Å². The molecular formula is C7H17NO4S. The maximum absolute atomic E-state index is 10.3. The van der Waals surface area contributed by atoms with Gasteiger partial charge in [-0.1, -0.05) is 6.92 Å². The van der Waals surface area contributed by atoms with Crippen LogP contribution < -0.4 is 5.32 Å². The summed E-state index contributed by atoms with van der Waals surface area (Å²) in [6, 6.07) is 0. The van der Waals surface area contributed by atoms with E-state index < -0.39 is 15.7 Å². The number of rotatable bonds is 6.